The van der Waals surface area contributed by atoms with Gasteiger partial charge in [0.2, 0.25) is 0 Å². The number of pyridine rings is 1. The fraction of sp³-hybridized carbons (Fsp3) is 0.217. The van der Waals surface area contributed by atoms with Crippen LogP contribution in [-0.4, -0.2) is 35.6 Å². The lowest BCUT2D eigenvalue weighted by molar-refractivity contribution is 0.0953. The summed E-state index contributed by atoms with van der Waals surface area (Å²) in [5, 5.41) is 16.2. The number of aliphatic hydroxyl groups excluding tert-OH is 1. The molecule has 0 saturated carbocycles. The standard InChI is InChI=1S/C23H25N3O2/c27-22(21-8-4-13-24-16-21)17-25-14-5-15-26-23(28)20-11-9-19(10-12-20)18-6-2-1-3-7-18/h1-4,6-13,16,22,25,27H,5,14-15,17H2,(H,26,28)/t22-/m0/s1. The maximum absolute atomic E-state index is 12.2. The van der Waals surface area contributed by atoms with Gasteiger partial charge in [-0.3, -0.25) is 9.78 Å². The van der Waals surface area contributed by atoms with Gasteiger partial charge in [0.25, 0.3) is 5.91 Å². The molecule has 3 aromatic rings. The molecule has 0 saturated heterocycles. The Morgan fingerprint density at radius 1 is 0.929 bits per heavy atom. The van der Waals surface area contributed by atoms with Gasteiger partial charge in [-0.25, -0.2) is 0 Å². The number of aliphatic hydroxyl groups is 1. The average molecular weight is 375 g/mol. The van der Waals surface area contributed by atoms with Crippen molar-refractivity contribution in [3.8, 4) is 11.1 Å². The number of rotatable bonds is 9. The van der Waals surface area contributed by atoms with Crippen molar-refractivity contribution in [3.05, 3.63) is 90.3 Å². The van der Waals surface area contributed by atoms with E-state index in [4.69, 9.17) is 0 Å². The number of hydrogen-bond acceptors (Lipinski definition) is 4. The van der Waals surface area contributed by atoms with Gasteiger partial charge in [-0.2, -0.15) is 0 Å². The van der Waals surface area contributed by atoms with Crippen molar-refractivity contribution in [1.29, 1.82) is 0 Å². The molecular formula is C23H25N3O2. The fourth-order valence-electron chi connectivity index (χ4n) is 2.89. The van der Waals surface area contributed by atoms with E-state index in [-0.39, 0.29) is 5.91 Å². The molecule has 3 rings (SSSR count). The zero-order chi connectivity index (χ0) is 19.6. The van der Waals surface area contributed by atoms with Crippen LogP contribution in [0.4, 0.5) is 0 Å². The molecule has 5 nitrogen and oxygen atoms in total. The monoisotopic (exact) mass is 375 g/mol. The molecular weight excluding hydrogens is 350 g/mol. The minimum atomic E-state index is -0.577. The van der Waals surface area contributed by atoms with Gasteiger partial charge in [0.15, 0.2) is 0 Å². The van der Waals surface area contributed by atoms with E-state index in [1.165, 1.54) is 0 Å². The van der Waals surface area contributed by atoms with Gasteiger partial charge in [0.05, 0.1) is 6.10 Å². The number of aromatic nitrogens is 1. The molecule has 0 bridgehead atoms. The van der Waals surface area contributed by atoms with Crippen LogP contribution in [0.1, 0.15) is 28.4 Å². The summed E-state index contributed by atoms with van der Waals surface area (Å²) in [6.45, 7) is 1.75. The maximum Gasteiger partial charge on any atom is 0.251 e. The summed E-state index contributed by atoms with van der Waals surface area (Å²) >= 11 is 0. The highest BCUT2D eigenvalue weighted by atomic mass is 16.3. The summed E-state index contributed by atoms with van der Waals surface area (Å²) in [6.07, 6.45) is 3.55. The minimum absolute atomic E-state index is 0.0741. The molecule has 0 unspecified atom stereocenters. The highest BCUT2D eigenvalue weighted by Crippen LogP contribution is 2.19. The second kappa shape index (κ2) is 10.3. The lowest BCUT2D eigenvalue weighted by Crippen LogP contribution is -2.28. The van der Waals surface area contributed by atoms with E-state index < -0.39 is 6.10 Å². The van der Waals surface area contributed by atoms with Crippen LogP contribution in [0.15, 0.2) is 79.1 Å². The molecule has 144 valence electrons. The topological polar surface area (TPSA) is 74.2 Å². The summed E-state index contributed by atoms with van der Waals surface area (Å²) in [5.41, 5.74) is 3.67. The van der Waals surface area contributed by atoms with Gasteiger partial charge in [-0.05, 0) is 42.3 Å². The van der Waals surface area contributed by atoms with Crippen LogP contribution in [-0.2, 0) is 0 Å². The molecule has 1 amide bonds. The summed E-state index contributed by atoms with van der Waals surface area (Å²) in [7, 11) is 0. The Bertz CT molecular complexity index is 852. The number of nitrogens with zero attached hydrogens (tertiary/aromatic N) is 1. The van der Waals surface area contributed by atoms with E-state index in [2.05, 4.69) is 15.6 Å². The summed E-state index contributed by atoms with van der Waals surface area (Å²) in [5.74, 6) is -0.0741. The molecule has 1 aromatic heterocycles. The van der Waals surface area contributed by atoms with E-state index in [9.17, 15) is 9.90 Å². The lowest BCUT2D eigenvalue weighted by atomic mass is 10.0. The van der Waals surface area contributed by atoms with Gasteiger partial charge in [0.1, 0.15) is 0 Å². The van der Waals surface area contributed by atoms with Crippen LogP contribution >= 0.6 is 0 Å². The second-order valence-electron chi connectivity index (χ2n) is 6.56. The first-order valence-electron chi connectivity index (χ1n) is 9.46. The first-order valence-corrected chi connectivity index (χ1v) is 9.46. The normalized spacial score (nSPS) is 11.8. The number of amides is 1. The van der Waals surface area contributed by atoms with Crippen molar-refractivity contribution in [2.24, 2.45) is 0 Å². The molecule has 0 radical (unpaired) electrons. The predicted molar refractivity (Wildman–Crippen MR) is 111 cm³/mol. The molecule has 0 aliphatic rings. The molecule has 28 heavy (non-hydrogen) atoms. The third-order valence-electron chi connectivity index (χ3n) is 4.48. The van der Waals surface area contributed by atoms with Crippen LogP contribution in [0.25, 0.3) is 11.1 Å². The number of nitrogens with one attached hydrogen (secondary N) is 2. The van der Waals surface area contributed by atoms with Crippen molar-refractivity contribution in [1.82, 2.24) is 15.6 Å². The van der Waals surface area contributed by atoms with Crippen molar-refractivity contribution in [2.75, 3.05) is 19.6 Å². The van der Waals surface area contributed by atoms with Crippen molar-refractivity contribution in [2.45, 2.75) is 12.5 Å². The highest BCUT2D eigenvalue weighted by molar-refractivity contribution is 5.94. The highest BCUT2D eigenvalue weighted by Gasteiger charge is 2.07. The van der Waals surface area contributed by atoms with Crippen LogP contribution in [0.3, 0.4) is 0 Å². The molecule has 0 spiro atoms. The van der Waals surface area contributed by atoms with Crippen molar-refractivity contribution < 1.29 is 9.90 Å². The lowest BCUT2D eigenvalue weighted by Gasteiger charge is -2.12. The Balaban J connectivity index is 1.35. The van der Waals surface area contributed by atoms with E-state index in [1.807, 2.05) is 60.7 Å². The summed E-state index contributed by atoms with van der Waals surface area (Å²) < 4.78 is 0. The fourth-order valence-corrected chi connectivity index (χ4v) is 2.89. The second-order valence-corrected chi connectivity index (χ2v) is 6.56. The number of benzene rings is 2. The largest absolute Gasteiger partial charge is 0.387 e. The number of carbonyl (C=O) groups is 1. The van der Waals surface area contributed by atoms with E-state index in [1.54, 1.807) is 18.5 Å². The third-order valence-corrected chi connectivity index (χ3v) is 4.48. The molecule has 0 aliphatic carbocycles. The summed E-state index contributed by atoms with van der Waals surface area (Å²) in [4.78, 5) is 16.2. The Hall–Kier alpha value is -3.02. The quantitative estimate of drug-likeness (QED) is 0.502. The molecule has 1 heterocycles. The maximum atomic E-state index is 12.2. The predicted octanol–water partition coefficient (Wildman–Crippen LogP) is 3.19. The van der Waals surface area contributed by atoms with Gasteiger partial charge >= 0.3 is 0 Å². The zero-order valence-corrected chi connectivity index (χ0v) is 15.7. The van der Waals surface area contributed by atoms with Crippen LogP contribution in [0.2, 0.25) is 0 Å². The van der Waals surface area contributed by atoms with Crippen LogP contribution in [0, 0.1) is 0 Å². The zero-order valence-electron chi connectivity index (χ0n) is 15.7. The van der Waals surface area contributed by atoms with Gasteiger partial charge in [-0.15, -0.1) is 0 Å². The molecule has 0 aliphatic heterocycles. The van der Waals surface area contributed by atoms with Crippen LogP contribution < -0.4 is 10.6 Å². The minimum Gasteiger partial charge on any atom is -0.387 e. The first kappa shape index (κ1) is 19.7. The number of hydrogen-bond donors (Lipinski definition) is 3. The Kier molecular flexibility index (Phi) is 7.29. The van der Waals surface area contributed by atoms with Gasteiger partial charge in [-0.1, -0.05) is 48.5 Å². The number of carbonyl (C=O) groups excluding carboxylic acids is 1. The van der Waals surface area contributed by atoms with Crippen LogP contribution in [0.5, 0.6) is 0 Å². The Labute approximate surface area is 165 Å². The SMILES string of the molecule is O=C(NCCCNC[C@H](O)c1cccnc1)c1ccc(-c2ccccc2)cc1. The van der Waals surface area contributed by atoms with Gasteiger partial charge < -0.3 is 15.7 Å². The average Bonchev–Trinajstić information content (AvgIpc) is 2.77. The van der Waals surface area contributed by atoms with Crippen molar-refractivity contribution in [3.63, 3.8) is 0 Å². The third kappa shape index (κ3) is 5.74. The van der Waals surface area contributed by atoms with Crippen molar-refractivity contribution >= 4 is 5.91 Å². The molecule has 3 N–H and O–H groups in total. The van der Waals surface area contributed by atoms with E-state index in [0.29, 0.717) is 25.2 Å². The van der Waals surface area contributed by atoms with E-state index in [0.717, 1.165) is 23.1 Å². The smallest absolute Gasteiger partial charge is 0.251 e. The Morgan fingerprint density at radius 3 is 2.39 bits per heavy atom. The summed E-state index contributed by atoms with van der Waals surface area (Å²) in [6, 6.07) is 21.4. The van der Waals surface area contributed by atoms with Gasteiger partial charge in [0, 0.05) is 36.6 Å². The molecule has 2 aromatic carbocycles. The molecule has 1 atom stereocenters. The Morgan fingerprint density at radius 2 is 1.68 bits per heavy atom. The van der Waals surface area contributed by atoms with E-state index >= 15 is 0 Å². The molecule has 0 fully saturated rings. The molecule has 5 heteroatoms. The first-order chi connectivity index (χ1) is 13.7.